The smallest absolute Gasteiger partial charge is 0.191 e. The molecule has 158 valence electrons. The molecule has 1 atom stereocenters. The van der Waals surface area contributed by atoms with Crippen molar-refractivity contribution < 1.29 is 4.74 Å². The normalized spacial score (nSPS) is 12.2. The molecule has 0 aliphatic heterocycles. The van der Waals surface area contributed by atoms with Crippen LogP contribution in [-0.4, -0.2) is 14.8 Å². The molecule has 0 N–H and O–H groups in total. The van der Waals surface area contributed by atoms with Crippen LogP contribution >= 0.6 is 35.0 Å². The van der Waals surface area contributed by atoms with Crippen molar-refractivity contribution in [3.05, 3.63) is 82.1 Å². The van der Waals surface area contributed by atoms with Crippen molar-refractivity contribution in [2.45, 2.75) is 50.2 Å². The summed E-state index contributed by atoms with van der Waals surface area (Å²) >= 11 is 13.7. The van der Waals surface area contributed by atoms with E-state index < -0.39 is 0 Å². The fourth-order valence-corrected chi connectivity index (χ4v) is 4.19. The van der Waals surface area contributed by atoms with Crippen LogP contribution in [0, 0.1) is 0 Å². The molecule has 0 saturated heterocycles. The summed E-state index contributed by atoms with van der Waals surface area (Å²) in [4.78, 5) is 0. The molecule has 0 fully saturated rings. The first-order chi connectivity index (χ1) is 14.4. The van der Waals surface area contributed by atoms with Gasteiger partial charge in [0.15, 0.2) is 17.1 Å². The predicted octanol–water partition coefficient (Wildman–Crippen LogP) is 7.33. The summed E-state index contributed by atoms with van der Waals surface area (Å²) in [6.07, 6.45) is 1.59. The van der Waals surface area contributed by atoms with Gasteiger partial charge in [-0.15, -0.1) is 16.8 Å². The standard InChI is InChI=1S/C23H25Cl2N3OS/c1-5-12-28-22(16(4)29-19-9-7-18(8-10-19)15(2)3)26-27-23(28)30-14-17-6-11-20(24)21(25)13-17/h5-11,13,15-16H,1,12,14H2,2-4H3. The van der Waals surface area contributed by atoms with Gasteiger partial charge in [-0.2, -0.15) is 0 Å². The Balaban J connectivity index is 1.73. The van der Waals surface area contributed by atoms with Crippen LogP contribution in [0.5, 0.6) is 5.75 Å². The topological polar surface area (TPSA) is 39.9 Å². The minimum Gasteiger partial charge on any atom is -0.483 e. The lowest BCUT2D eigenvalue weighted by molar-refractivity contribution is 0.210. The number of hydrogen-bond donors (Lipinski definition) is 0. The number of hydrogen-bond acceptors (Lipinski definition) is 4. The molecule has 4 nitrogen and oxygen atoms in total. The monoisotopic (exact) mass is 461 g/mol. The van der Waals surface area contributed by atoms with Crippen LogP contribution in [0.3, 0.4) is 0 Å². The van der Waals surface area contributed by atoms with Gasteiger partial charge in [0.1, 0.15) is 5.75 Å². The second kappa shape index (κ2) is 10.4. The largest absolute Gasteiger partial charge is 0.483 e. The summed E-state index contributed by atoms with van der Waals surface area (Å²) in [5.74, 6) is 2.77. The SMILES string of the molecule is C=CCn1c(SCc2ccc(Cl)c(Cl)c2)nnc1C(C)Oc1ccc(C(C)C)cc1. The molecule has 0 radical (unpaired) electrons. The summed E-state index contributed by atoms with van der Waals surface area (Å²) in [5, 5.41) is 10.7. The Morgan fingerprint density at radius 1 is 1.07 bits per heavy atom. The lowest BCUT2D eigenvalue weighted by Crippen LogP contribution is -2.12. The van der Waals surface area contributed by atoms with E-state index in [1.807, 2.05) is 41.8 Å². The Hall–Kier alpha value is -1.95. The summed E-state index contributed by atoms with van der Waals surface area (Å²) in [6.45, 7) is 10.8. The molecular weight excluding hydrogens is 437 g/mol. The lowest BCUT2D eigenvalue weighted by atomic mass is 10.0. The fourth-order valence-electron chi connectivity index (χ4n) is 2.97. The zero-order chi connectivity index (χ0) is 21.7. The molecular formula is C23H25Cl2N3OS. The van der Waals surface area contributed by atoms with E-state index in [0.29, 0.717) is 28.3 Å². The minimum atomic E-state index is -0.248. The molecule has 1 aromatic heterocycles. The Bertz CT molecular complexity index is 1000. The first-order valence-corrected chi connectivity index (χ1v) is 11.5. The Morgan fingerprint density at radius 2 is 1.80 bits per heavy atom. The Morgan fingerprint density at radius 3 is 2.43 bits per heavy atom. The maximum Gasteiger partial charge on any atom is 0.191 e. The van der Waals surface area contributed by atoms with Gasteiger partial charge in [-0.05, 0) is 48.2 Å². The second-order valence-electron chi connectivity index (χ2n) is 7.26. The second-order valence-corrected chi connectivity index (χ2v) is 9.02. The summed E-state index contributed by atoms with van der Waals surface area (Å²) < 4.78 is 8.16. The van der Waals surface area contributed by atoms with Crippen LogP contribution in [0.4, 0.5) is 0 Å². The summed E-state index contributed by atoms with van der Waals surface area (Å²) in [6, 6.07) is 13.8. The van der Waals surface area contributed by atoms with Gasteiger partial charge >= 0.3 is 0 Å². The van der Waals surface area contributed by atoms with Crippen LogP contribution in [0.25, 0.3) is 0 Å². The van der Waals surface area contributed by atoms with Crippen molar-refractivity contribution in [2.75, 3.05) is 0 Å². The number of benzene rings is 2. The van der Waals surface area contributed by atoms with Crippen molar-refractivity contribution in [1.29, 1.82) is 0 Å². The van der Waals surface area contributed by atoms with Gasteiger partial charge < -0.3 is 4.74 Å². The third-order valence-electron chi connectivity index (χ3n) is 4.63. The van der Waals surface area contributed by atoms with E-state index in [0.717, 1.165) is 22.3 Å². The van der Waals surface area contributed by atoms with Crippen molar-refractivity contribution in [2.24, 2.45) is 0 Å². The number of ether oxygens (including phenoxy) is 1. The average molecular weight is 462 g/mol. The highest BCUT2D eigenvalue weighted by molar-refractivity contribution is 7.98. The van der Waals surface area contributed by atoms with Gasteiger partial charge in [-0.25, -0.2) is 0 Å². The molecule has 0 spiro atoms. The van der Waals surface area contributed by atoms with Crippen LogP contribution in [-0.2, 0) is 12.3 Å². The number of halogens is 2. The van der Waals surface area contributed by atoms with Crippen LogP contribution in [0.15, 0.2) is 60.3 Å². The molecule has 0 aliphatic carbocycles. The number of nitrogens with zero attached hydrogens (tertiary/aromatic N) is 3. The van der Waals surface area contributed by atoms with Crippen molar-refractivity contribution in [3.63, 3.8) is 0 Å². The lowest BCUT2D eigenvalue weighted by Gasteiger charge is -2.16. The summed E-state index contributed by atoms with van der Waals surface area (Å²) in [5.41, 5.74) is 2.35. The molecule has 1 unspecified atom stereocenters. The summed E-state index contributed by atoms with van der Waals surface area (Å²) in [7, 11) is 0. The fraction of sp³-hybridized carbons (Fsp3) is 0.304. The van der Waals surface area contributed by atoms with Crippen LogP contribution in [0.1, 0.15) is 49.7 Å². The van der Waals surface area contributed by atoms with E-state index in [9.17, 15) is 0 Å². The first kappa shape index (κ1) is 22.7. The zero-order valence-corrected chi connectivity index (χ0v) is 19.6. The highest BCUT2D eigenvalue weighted by Gasteiger charge is 2.19. The van der Waals surface area contributed by atoms with E-state index in [1.54, 1.807) is 17.8 Å². The van der Waals surface area contributed by atoms with Crippen molar-refractivity contribution in [1.82, 2.24) is 14.8 Å². The van der Waals surface area contributed by atoms with Crippen LogP contribution in [0.2, 0.25) is 10.0 Å². The van der Waals surface area contributed by atoms with Crippen LogP contribution < -0.4 is 4.74 Å². The predicted molar refractivity (Wildman–Crippen MR) is 126 cm³/mol. The van der Waals surface area contributed by atoms with Gasteiger partial charge in [0, 0.05) is 12.3 Å². The van der Waals surface area contributed by atoms with Gasteiger partial charge in [0.05, 0.1) is 10.0 Å². The first-order valence-electron chi connectivity index (χ1n) is 9.76. The molecule has 0 saturated carbocycles. The molecule has 0 amide bonds. The van der Waals surface area contributed by atoms with E-state index in [2.05, 4.69) is 42.8 Å². The Kier molecular flexibility index (Phi) is 7.87. The minimum absolute atomic E-state index is 0.248. The third kappa shape index (κ3) is 5.60. The Labute approximate surface area is 192 Å². The maximum atomic E-state index is 6.13. The van der Waals surface area contributed by atoms with Gasteiger partial charge in [0.2, 0.25) is 0 Å². The molecule has 3 rings (SSSR count). The molecule has 3 aromatic rings. The van der Waals surface area contributed by atoms with E-state index >= 15 is 0 Å². The highest BCUT2D eigenvalue weighted by atomic mass is 35.5. The number of aromatic nitrogens is 3. The number of rotatable bonds is 9. The van der Waals surface area contributed by atoms with E-state index in [1.165, 1.54) is 5.56 Å². The number of thioether (sulfide) groups is 1. The van der Waals surface area contributed by atoms with E-state index in [-0.39, 0.29) is 6.10 Å². The molecule has 1 heterocycles. The molecule has 2 aromatic carbocycles. The maximum absolute atomic E-state index is 6.13. The average Bonchev–Trinajstić information content (AvgIpc) is 3.12. The molecule has 30 heavy (non-hydrogen) atoms. The van der Waals surface area contributed by atoms with Gasteiger partial charge in [0.25, 0.3) is 0 Å². The zero-order valence-electron chi connectivity index (χ0n) is 17.3. The molecule has 7 heteroatoms. The highest BCUT2D eigenvalue weighted by Crippen LogP contribution is 2.29. The third-order valence-corrected chi connectivity index (χ3v) is 6.41. The van der Waals surface area contributed by atoms with E-state index in [4.69, 9.17) is 27.9 Å². The van der Waals surface area contributed by atoms with Crippen molar-refractivity contribution in [3.8, 4) is 5.75 Å². The molecule has 0 aliphatic rings. The van der Waals surface area contributed by atoms with Gasteiger partial charge in [-0.1, -0.05) is 73.1 Å². The van der Waals surface area contributed by atoms with Crippen molar-refractivity contribution >= 4 is 35.0 Å². The van der Waals surface area contributed by atoms with Gasteiger partial charge in [-0.3, -0.25) is 4.57 Å². The number of allylic oxidation sites excluding steroid dienone is 1. The quantitative estimate of drug-likeness (QED) is 0.247. The molecule has 0 bridgehead atoms.